The molecule has 3 amide bonds. The predicted octanol–water partition coefficient (Wildman–Crippen LogP) is 0.655. The molecule has 1 unspecified atom stereocenters. The molecule has 2 aromatic rings. The minimum Gasteiger partial charge on any atom is -0.484 e. The molecule has 340 valence electrons. The van der Waals surface area contributed by atoms with Crippen LogP contribution in [0.2, 0.25) is 0 Å². The third kappa shape index (κ3) is 15.4. The van der Waals surface area contributed by atoms with Crippen molar-refractivity contribution in [2.45, 2.75) is 50.7 Å². The Labute approximate surface area is 370 Å². The summed E-state index contributed by atoms with van der Waals surface area (Å²) < 4.78 is 23.2. The predicted molar refractivity (Wildman–Crippen MR) is 238 cm³/mol. The molecule has 8 N–H and O–H groups in total. The first-order chi connectivity index (χ1) is 30.1. The largest absolute Gasteiger partial charge is 0.484 e. The summed E-state index contributed by atoms with van der Waals surface area (Å²) in [6, 6.07) is 15.9. The van der Waals surface area contributed by atoms with Gasteiger partial charge in [0.2, 0.25) is 0 Å². The Morgan fingerprint density at radius 3 is 1.81 bits per heavy atom. The van der Waals surface area contributed by atoms with Gasteiger partial charge in [0.05, 0.1) is 58.6 Å². The zero-order valence-corrected chi connectivity index (χ0v) is 36.7. The van der Waals surface area contributed by atoms with E-state index in [4.69, 9.17) is 42.0 Å². The molecule has 17 nitrogen and oxygen atoms in total. The second-order valence-electron chi connectivity index (χ2n) is 16.5. The molecule has 4 heterocycles. The van der Waals surface area contributed by atoms with E-state index in [9.17, 15) is 14.4 Å². The van der Waals surface area contributed by atoms with E-state index in [1.54, 1.807) is 0 Å². The van der Waals surface area contributed by atoms with E-state index in [-0.39, 0.29) is 53.7 Å². The van der Waals surface area contributed by atoms with Crippen molar-refractivity contribution in [3.05, 3.63) is 70.6 Å². The number of quaternary nitrogens is 1. The quantitative estimate of drug-likeness (QED) is 0.0713. The number of nitrogens with two attached hydrogens (primary N) is 2. The molecule has 0 aliphatic carbocycles. The maximum absolute atomic E-state index is 13.4. The van der Waals surface area contributed by atoms with Crippen molar-refractivity contribution in [2.24, 2.45) is 16.5 Å². The number of hydrogen-bond acceptors (Lipinski definition) is 13. The maximum Gasteiger partial charge on any atom is 0.269 e. The highest BCUT2D eigenvalue weighted by atomic mass is 35.5. The van der Waals surface area contributed by atoms with E-state index in [0.29, 0.717) is 24.6 Å². The smallest absolute Gasteiger partial charge is 0.269 e. The standard InChI is InChI=1S/C44H65ClN10O7/c45-41-43(47)52-42(46)40(51-41)44(58)50-35-6-3-25-55(30-35,23-1-4-33-7-11-36(12-8-33)61-31-38(56)48-15-17-53-19-26-59-27-20-53)24-2-5-34-9-13-37(14-10-34)62-32-39(57)49-16-18-54-21-28-60-29-22-54/h7-14,35,42H,1-6,15-32,46H2,(H5-,47,48,49,50,52,56,57,58)/p+1/t35-,42?/m0/s1. The van der Waals surface area contributed by atoms with Crippen molar-refractivity contribution in [3.63, 3.8) is 0 Å². The fourth-order valence-electron chi connectivity index (χ4n) is 8.44. The number of ether oxygens (including phenoxy) is 4. The van der Waals surface area contributed by atoms with Crippen molar-refractivity contribution in [1.82, 2.24) is 31.1 Å². The molecule has 2 atom stereocenters. The normalized spacial score (nSPS) is 20.7. The number of piperidine rings is 1. The lowest BCUT2D eigenvalue weighted by atomic mass is 9.99. The van der Waals surface area contributed by atoms with Gasteiger partial charge in [-0.2, -0.15) is 0 Å². The summed E-state index contributed by atoms with van der Waals surface area (Å²) in [5.74, 6) is 0.842. The van der Waals surface area contributed by atoms with Gasteiger partial charge in [-0.15, -0.1) is 0 Å². The van der Waals surface area contributed by atoms with E-state index in [2.05, 4.69) is 60.3 Å². The fraction of sp³-hybridized carbons (Fsp3) is 0.591. The van der Waals surface area contributed by atoms with Gasteiger partial charge in [-0.25, -0.2) is 4.99 Å². The van der Waals surface area contributed by atoms with Gasteiger partial charge in [0.25, 0.3) is 17.7 Å². The Balaban J connectivity index is 0.976. The van der Waals surface area contributed by atoms with Gasteiger partial charge in [-0.1, -0.05) is 35.9 Å². The molecule has 0 saturated carbocycles. The van der Waals surface area contributed by atoms with Crippen LogP contribution >= 0.6 is 11.6 Å². The van der Waals surface area contributed by atoms with Crippen LogP contribution in [0.5, 0.6) is 11.5 Å². The average Bonchev–Trinajstić information content (AvgIpc) is 3.28. The van der Waals surface area contributed by atoms with Crippen LogP contribution in [-0.2, 0) is 36.7 Å². The molecular formula is C44H66ClN10O7+. The zero-order valence-electron chi connectivity index (χ0n) is 35.9. The average molecular weight is 883 g/mol. The Hall–Kier alpha value is -4.49. The van der Waals surface area contributed by atoms with Crippen LogP contribution in [0.1, 0.15) is 36.8 Å². The van der Waals surface area contributed by atoms with E-state index < -0.39 is 6.17 Å². The summed E-state index contributed by atoms with van der Waals surface area (Å²) in [5.41, 5.74) is 14.5. The summed E-state index contributed by atoms with van der Waals surface area (Å²) in [6.45, 7) is 12.9. The number of amides is 3. The first-order valence-corrected chi connectivity index (χ1v) is 22.5. The topological polar surface area (TPSA) is 207 Å². The zero-order chi connectivity index (χ0) is 43.6. The van der Waals surface area contributed by atoms with Crippen molar-refractivity contribution in [1.29, 1.82) is 0 Å². The summed E-state index contributed by atoms with van der Waals surface area (Å²) in [4.78, 5) is 46.9. The molecule has 4 aliphatic heterocycles. The number of carbonyl (C=O) groups excluding carboxylic acids is 3. The third-order valence-electron chi connectivity index (χ3n) is 11.9. The summed E-state index contributed by atoms with van der Waals surface area (Å²) in [5, 5.41) is 11.9. The number of nitrogens with one attached hydrogen (secondary N) is 4. The van der Waals surface area contributed by atoms with Gasteiger partial charge in [0, 0.05) is 65.2 Å². The Morgan fingerprint density at radius 1 is 0.806 bits per heavy atom. The fourth-order valence-corrected chi connectivity index (χ4v) is 8.58. The molecule has 4 aliphatic rings. The first-order valence-electron chi connectivity index (χ1n) is 22.1. The number of aliphatic imine (C=N–C) groups is 1. The summed E-state index contributed by atoms with van der Waals surface area (Å²) in [6.07, 6.45) is 4.66. The number of rotatable bonds is 22. The highest BCUT2D eigenvalue weighted by molar-refractivity contribution is 6.43. The van der Waals surface area contributed by atoms with Gasteiger partial charge in [-0.05, 0) is 61.1 Å². The van der Waals surface area contributed by atoms with Gasteiger partial charge in [-0.3, -0.25) is 24.2 Å². The lowest BCUT2D eigenvalue weighted by Gasteiger charge is -2.45. The second-order valence-corrected chi connectivity index (χ2v) is 16.9. The SMILES string of the molecule is NC1=C(Cl)N=C(C(=O)N[C@H]2CCC[N+](CCCc3ccc(OCC(=O)NCCN4CCOCC4)cc3)(CCCc3ccc(OCC(=O)NCCN4CCOCC4)cc3)C2)C(N)N1. The molecule has 6 rings (SSSR count). The number of nitrogens with zero attached hydrogens (tertiary/aromatic N) is 4. The maximum atomic E-state index is 13.4. The van der Waals surface area contributed by atoms with Crippen LogP contribution in [0.3, 0.4) is 0 Å². The lowest BCUT2D eigenvalue weighted by molar-refractivity contribution is -0.933. The van der Waals surface area contributed by atoms with Gasteiger partial charge >= 0.3 is 0 Å². The highest BCUT2D eigenvalue weighted by Gasteiger charge is 2.36. The number of carbonyl (C=O) groups is 3. The van der Waals surface area contributed by atoms with Crippen molar-refractivity contribution >= 4 is 35.0 Å². The van der Waals surface area contributed by atoms with Crippen LogP contribution in [0.4, 0.5) is 0 Å². The number of hydrogen-bond donors (Lipinski definition) is 6. The van der Waals surface area contributed by atoms with Crippen molar-refractivity contribution < 1.29 is 37.8 Å². The Kier molecular flexibility index (Phi) is 18.5. The number of likely N-dealkylation sites (tertiary alicyclic amines) is 1. The van der Waals surface area contributed by atoms with Crippen LogP contribution in [0, 0.1) is 0 Å². The number of benzene rings is 2. The van der Waals surface area contributed by atoms with E-state index in [1.165, 1.54) is 11.1 Å². The van der Waals surface area contributed by atoms with E-state index >= 15 is 0 Å². The minimum absolute atomic E-state index is 0.0195. The molecule has 18 heteroatoms. The molecular weight excluding hydrogens is 816 g/mol. The first kappa shape index (κ1) is 47.0. The molecule has 3 saturated heterocycles. The van der Waals surface area contributed by atoms with Crippen molar-refractivity contribution in [3.8, 4) is 11.5 Å². The molecule has 0 spiro atoms. The Morgan fingerprint density at radius 2 is 1.31 bits per heavy atom. The van der Waals surface area contributed by atoms with Crippen LogP contribution in [-0.4, -0.2) is 168 Å². The van der Waals surface area contributed by atoms with E-state index in [1.807, 2.05) is 24.3 Å². The Bertz CT molecular complexity index is 1710. The molecule has 0 aromatic heterocycles. The molecule has 0 radical (unpaired) electrons. The highest BCUT2D eigenvalue weighted by Crippen LogP contribution is 2.24. The van der Waals surface area contributed by atoms with Crippen LogP contribution < -0.4 is 42.2 Å². The van der Waals surface area contributed by atoms with Gasteiger partial charge in [0.15, 0.2) is 18.4 Å². The van der Waals surface area contributed by atoms with Crippen molar-refractivity contribution in [2.75, 3.05) is 118 Å². The summed E-state index contributed by atoms with van der Waals surface area (Å²) >= 11 is 6.14. The van der Waals surface area contributed by atoms with Gasteiger partial charge < -0.3 is 56.2 Å². The molecule has 62 heavy (non-hydrogen) atoms. The van der Waals surface area contributed by atoms with Crippen LogP contribution in [0.25, 0.3) is 0 Å². The van der Waals surface area contributed by atoms with Gasteiger partial charge in [0.1, 0.15) is 29.2 Å². The molecule has 2 aromatic carbocycles. The van der Waals surface area contributed by atoms with Crippen LogP contribution in [0.15, 0.2) is 64.5 Å². The second kappa shape index (κ2) is 24.4. The molecule has 3 fully saturated rings. The number of morpholine rings is 2. The number of aryl methyl sites for hydroxylation is 2. The summed E-state index contributed by atoms with van der Waals surface area (Å²) in [7, 11) is 0. The lowest BCUT2D eigenvalue weighted by Crippen LogP contribution is -2.62. The minimum atomic E-state index is -0.848. The molecule has 0 bridgehead atoms. The number of halogens is 1. The third-order valence-corrected chi connectivity index (χ3v) is 12.2. The van der Waals surface area contributed by atoms with E-state index in [0.717, 1.165) is 135 Å². The monoisotopic (exact) mass is 881 g/mol.